The fourth-order valence-corrected chi connectivity index (χ4v) is 2.75. The predicted molar refractivity (Wildman–Crippen MR) is 75.9 cm³/mol. The minimum atomic E-state index is -0.169. The number of nitrogens with zero attached hydrogens (tertiary/aromatic N) is 2. The molecule has 2 rings (SSSR count). The van der Waals surface area contributed by atoms with Crippen molar-refractivity contribution >= 4 is 11.5 Å². The minimum Gasteiger partial charge on any atom is -0.305 e. The zero-order valence-electron chi connectivity index (χ0n) is 11.4. The summed E-state index contributed by atoms with van der Waals surface area (Å²) in [5.41, 5.74) is 2.65. The average Bonchev–Trinajstić information content (AvgIpc) is 2.80. The highest BCUT2D eigenvalue weighted by molar-refractivity contribution is 7.05. The Morgan fingerprint density at radius 3 is 2.74 bits per heavy atom. The first-order valence-electron chi connectivity index (χ1n) is 6.41. The summed E-state index contributed by atoms with van der Waals surface area (Å²) in [6, 6.07) is 5.28. The van der Waals surface area contributed by atoms with Crippen molar-refractivity contribution in [1.29, 1.82) is 0 Å². The number of aryl methyl sites for hydroxylation is 2. The van der Waals surface area contributed by atoms with Crippen molar-refractivity contribution in [3.05, 3.63) is 45.7 Å². The Labute approximate surface area is 117 Å². The Bertz CT molecular complexity index is 553. The standard InChI is InChI=1S/C14H18FN3S/c1-4-7-16-13(14-10(3)17-18-19-14)11-5-6-12(15)9(2)8-11/h5-6,8,13,16H,4,7H2,1-3H3. The van der Waals surface area contributed by atoms with Gasteiger partial charge in [-0.1, -0.05) is 23.5 Å². The lowest BCUT2D eigenvalue weighted by Crippen LogP contribution is -2.23. The van der Waals surface area contributed by atoms with E-state index >= 15 is 0 Å². The van der Waals surface area contributed by atoms with Crippen molar-refractivity contribution in [3.8, 4) is 0 Å². The van der Waals surface area contributed by atoms with Gasteiger partial charge in [0.05, 0.1) is 16.6 Å². The first-order chi connectivity index (χ1) is 9.13. The highest BCUT2D eigenvalue weighted by atomic mass is 32.1. The van der Waals surface area contributed by atoms with Crippen molar-refractivity contribution in [2.24, 2.45) is 0 Å². The maximum Gasteiger partial charge on any atom is 0.126 e. The van der Waals surface area contributed by atoms with Crippen LogP contribution >= 0.6 is 11.5 Å². The molecule has 3 nitrogen and oxygen atoms in total. The Balaban J connectivity index is 2.37. The van der Waals surface area contributed by atoms with Crippen molar-refractivity contribution < 1.29 is 4.39 Å². The molecule has 1 aromatic heterocycles. The van der Waals surface area contributed by atoms with Crippen molar-refractivity contribution in [1.82, 2.24) is 14.9 Å². The van der Waals surface area contributed by atoms with Gasteiger partial charge in [-0.15, -0.1) is 5.10 Å². The molecule has 0 saturated carbocycles. The van der Waals surface area contributed by atoms with Crippen LogP contribution in [0.1, 0.15) is 41.1 Å². The number of hydrogen-bond acceptors (Lipinski definition) is 4. The largest absolute Gasteiger partial charge is 0.305 e. The summed E-state index contributed by atoms with van der Waals surface area (Å²) in [5.74, 6) is -0.169. The first kappa shape index (κ1) is 14.1. The van der Waals surface area contributed by atoms with Gasteiger partial charge in [0.25, 0.3) is 0 Å². The molecule has 0 radical (unpaired) electrons. The van der Waals surface area contributed by atoms with Crippen LogP contribution in [-0.2, 0) is 0 Å². The second-order valence-electron chi connectivity index (χ2n) is 4.62. The molecule has 0 aliphatic rings. The lowest BCUT2D eigenvalue weighted by Gasteiger charge is -2.18. The molecule has 2 aromatic rings. The van der Waals surface area contributed by atoms with Gasteiger partial charge in [-0.05, 0) is 55.5 Å². The summed E-state index contributed by atoms with van der Waals surface area (Å²) in [6.45, 7) is 6.76. The maximum atomic E-state index is 13.4. The van der Waals surface area contributed by atoms with Crippen LogP contribution in [0.5, 0.6) is 0 Å². The van der Waals surface area contributed by atoms with E-state index in [0.717, 1.165) is 29.1 Å². The second-order valence-corrected chi connectivity index (χ2v) is 5.40. The van der Waals surface area contributed by atoms with Gasteiger partial charge in [0.15, 0.2) is 0 Å². The van der Waals surface area contributed by atoms with Crippen LogP contribution in [0.3, 0.4) is 0 Å². The number of halogens is 1. The smallest absolute Gasteiger partial charge is 0.126 e. The molecule has 0 amide bonds. The average molecular weight is 279 g/mol. The highest BCUT2D eigenvalue weighted by Gasteiger charge is 2.19. The van der Waals surface area contributed by atoms with Crippen LogP contribution in [0.4, 0.5) is 4.39 Å². The molecule has 1 aromatic carbocycles. The molecule has 0 spiro atoms. The Morgan fingerprint density at radius 2 is 2.16 bits per heavy atom. The number of aromatic nitrogens is 2. The van der Waals surface area contributed by atoms with E-state index in [1.54, 1.807) is 6.92 Å². The van der Waals surface area contributed by atoms with Crippen molar-refractivity contribution in [3.63, 3.8) is 0 Å². The summed E-state index contributed by atoms with van der Waals surface area (Å²) >= 11 is 1.40. The van der Waals surface area contributed by atoms with Crippen LogP contribution in [-0.4, -0.2) is 16.1 Å². The quantitative estimate of drug-likeness (QED) is 0.911. The number of rotatable bonds is 5. The van der Waals surface area contributed by atoms with Gasteiger partial charge in [0, 0.05) is 0 Å². The third-order valence-electron chi connectivity index (χ3n) is 3.06. The van der Waals surface area contributed by atoms with Gasteiger partial charge in [-0.2, -0.15) is 0 Å². The van der Waals surface area contributed by atoms with Crippen LogP contribution in [0, 0.1) is 19.7 Å². The molecule has 1 atom stereocenters. The van der Waals surface area contributed by atoms with E-state index in [4.69, 9.17) is 0 Å². The topological polar surface area (TPSA) is 37.8 Å². The summed E-state index contributed by atoms with van der Waals surface area (Å²) in [7, 11) is 0. The van der Waals surface area contributed by atoms with Gasteiger partial charge in [-0.3, -0.25) is 0 Å². The lowest BCUT2D eigenvalue weighted by atomic mass is 10.0. The molecule has 1 heterocycles. The molecule has 5 heteroatoms. The van der Waals surface area contributed by atoms with E-state index < -0.39 is 0 Å². The fraction of sp³-hybridized carbons (Fsp3) is 0.429. The van der Waals surface area contributed by atoms with E-state index in [9.17, 15) is 4.39 Å². The molecule has 0 aliphatic carbocycles. The van der Waals surface area contributed by atoms with E-state index in [0.29, 0.717) is 5.56 Å². The van der Waals surface area contributed by atoms with Gasteiger partial charge < -0.3 is 5.32 Å². The van der Waals surface area contributed by atoms with E-state index in [-0.39, 0.29) is 11.9 Å². The summed E-state index contributed by atoms with van der Waals surface area (Å²) in [5, 5.41) is 7.55. The van der Waals surface area contributed by atoms with E-state index in [1.807, 2.05) is 19.1 Å². The zero-order valence-corrected chi connectivity index (χ0v) is 12.2. The molecule has 19 heavy (non-hydrogen) atoms. The molecule has 0 aliphatic heterocycles. The number of hydrogen-bond donors (Lipinski definition) is 1. The van der Waals surface area contributed by atoms with Crippen LogP contribution in [0.25, 0.3) is 0 Å². The monoisotopic (exact) mass is 279 g/mol. The van der Waals surface area contributed by atoms with Crippen molar-refractivity contribution in [2.75, 3.05) is 6.54 Å². The lowest BCUT2D eigenvalue weighted by molar-refractivity contribution is 0.593. The molecule has 102 valence electrons. The third kappa shape index (κ3) is 3.16. The van der Waals surface area contributed by atoms with Gasteiger partial charge in [-0.25, -0.2) is 4.39 Å². The highest BCUT2D eigenvalue weighted by Crippen LogP contribution is 2.27. The Kier molecular flexibility index (Phi) is 4.61. The van der Waals surface area contributed by atoms with Gasteiger partial charge >= 0.3 is 0 Å². The van der Waals surface area contributed by atoms with E-state index in [2.05, 4.69) is 21.8 Å². The van der Waals surface area contributed by atoms with Crippen LogP contribution in [0.15, 0.2) is 18.2 Å². The first-order valence-corrected chi connectivity index (χ1v) is 7.19. The molecule has 1 unspecified atom stereocenters. The molecule has 0 bridgehead atoms. The third-order valence-corrected chi connectivity index (χ3v) is 3.95. The Hall–Kier alpha value is -1.33. The maximum absolute atomic E-state index is 13.4. The second kappa shape index (κ2) is 6.21. The molecular weight excluding hydrogens is 261 g/mol. The zero-order chi connectivity index (χ0) is 13.8. The normalized spacial score (nSPS) is 12.6. The van der Waals surface area contributed by atoms with Crippen LogP contribution in [0.2, 0.25) is 0 Å². The number of nitrogens with one attached hydrogen (secondary N) is 1. The molecule has 0 fully saturated rings. The minimum absolute atomic E-state index is 0.0410. The fourth-order valence-electron chi connectivity index (χ4n) is 2.00. The van der Waals surface area contributed by atoms with E-state index in [1.165, 1.54) is 17.6 Å². The molecule has 1 N–H and O–H groups in total. The summed E-state index contributed by atoms with van der Waals surface area (Å²) in [4.78, 5) is 1.10. The van der Waals surface area contributed by atoms with Crippen LogP contribution < -0.4 is 5.32 Å². The Morgan fingerprint density at radius 1 is 1.37 bits per heavy atom. The van der Waals surface area contributed by atoms with Crippen molar-refractivity contribution in [2.45, 2.75) is 33.2 Å². The summed E-state index contributed by atoms with van der Waals surface area (Å²) < 4.78 is 17.4. The van der Waals surface area contributed by atoms with Gasteiger partial charge in [0.1, 0.15) is 5.82 Å². The summed E-state index contributed by atoms with van der Waals surface area (Å²) in [6.07, 6.45) is 1.04. The van der Waals surface area contributed by atoms with Gasteiger partial charge in [0.2, 0.25) is 0 Å². The molecule has 0 saturated heterocycles. The molecular formula is C14H18FN3S. The SMILES string of the molecule is CCCNC(c1ccc(F)c(C)c1)c1snnc1C. The number of benzene rings is 1. The predicted octanol–water partition coefficient (Wildman–Crippen LogP) is 3.38.